The van der Waals surface area contributed by atoms with Gasteiger partial charge in [-0.05, 0) is 30.2 Å². The number of hydrogen-bond acceptors (Lipinski definition) is 3. The van der Waals surface area contributed by atoms with Gasteiger partial charge < -0.3 is 9.47 Å². The van der Waals surface area contributed by atoms with Crippen LogP contribution in [0.25, 0.3) is 6.08 Å². The van der Waals surface area contributed by atoms with Crippen LogP contribution in [0.3, 0.4) is 0 Å². The number of hydrogen-bond donors (Lipinski definition) is 0. The van der Waals surface area contributed by atoms with Gasteiger partial charge in [0.25, 0.3) is 0 Å². The summed E-state index contributed by atoms with van der Waals surface area (Å²) >= 11 is 0. The molecule has 0 amide bonds. The second-order valence-electron chi connectivity index (χ2n) is 3.45. The van der Waals surface area contributed by atoms with Gasteiger partial charge in [-0.1, -0.05) is 19.1 Å². The zero-order chi connectivity index (χ0) is 13.4. The van der Waals surface area contributed by atoms with Crippen LogP contribution in [-0.4, -0.2) is 19.2 Å². The number of esters is 1. The largest absolute Gasteiger partial charge is 0.463 e. The molecular formula is C13H14F2O3. The maximum absolute atomic E-state index is 11.9. The van der Waals surface area contributed by atoms with Gasteiger partial charge in [0.2, 0.25) is 0 Å². The molecule has 18 heavy (non-hydrogen) atoms. The Balaban J connectivity index is 2.52. The summed E-state index contributed by atoms with van der Waals surface area (Å²) in [5.74, 6) is -0.347. The summed E-state index contributed by atoms with van der Waals surface area (Å²) in [6.45, 7) is -0.557. The van der Waals surface area contributed by atoms with Crippen molar-refractivity contribution >= 4 is 12.0 Å². The van der Waals surface area contributed by atoms with Crippen molar-refractivity contribution in [2.45, 2.75) is 20.0 Å². The molecule has 0 atom stereocenters. The van der Waals surface area contributed by atoms with Gasteiger partial charge in [0.05, 0.1) is 6.61 Å². The molecule has 0 spiro atoms. The SMILES string of the molecule is CCCOC(=O)/C=C/c1ccc(OC(F)F)cc1. The van der Waals surface area contributed by atoms with E-state index in [4.69, 9.17) is 4.74 Å². The molecule has 0 aliphatic rings. The minimum absolute atomic E-state index is 0.0794. The first-order chi connectivity index (χ1) is 8.61. The average molecular weight is 256 g/mol. The van der Waals surface area contributed by atoms with E-state index in [1.54, 1.807) is 18.2 Å². The Kier molecular flexibility index (Phi) is 5.84. The predicted octanol–water partition coefficient (Wildman–Crippen LogP) is 3.25. The molecule has 0 unspecified atom stereocenters. The zero-order valence-corrected chi connectivity index (χ0v) is 9.94. The van der Waals surface area contributed by atoms with Crippen LogP contribution in [0.4, 0.5) is 8.78 Å². The van der Waals surface area contributed by atoms with Gasteiger partial charge >= 0.3 is 12.6 Å². The van der Waals surface area contributed by atoms with Crippen LogP contribution in [0.15, 0.2) is 30.3 Å². The van der Waals surface area contributed by atoms with Gasteiger partial charge in [0, 0.05) is 6.08 Å². The highest BCUT2D eigenvalue weighted by atomic mass is 19.3. The lowest BCUT2D eigenvalue weighted by Gasteiger charge is -2.03. The lowest BCUT2D eigenvalue weighted by Crippen LogP contribution is -2.01. The van der Waals surface area contributed by atoms with Crippen molar-refractivity contribution in [3.8, 4) is 5.75 Å². The molecule has 0 fully saturated rings. The van der Waals surface area contributed by atoms with Crippen LogP contribution in [0, 0.1) is 0 Å². The van der Waals surface area contributed by atoms with Crippen LogP contribution in [-0.2, 0) is 9.53 Å². The summed E-state index contributed by atoms with van der Waals surface area (Å²) in [6, 6.07) is 5.95. The molecule has 0 radical (unpaired) electrons. The molecule has 5 heteroatoms. The fourth-order valence-corrected chi connectivity index (χ4v) is 1.18. The second kappa shape index (κ2) is 7.42. The maximum atomic E-state index is 11.9. The van der Waals surface area contributed by atoms with E-state index >= 15 is 0 Å². The highest BCUT2D eigenvalue weighted by molar-refractivity contribution is 5.87. The third-order valence-electron chi connectivity index (χ3n) is 1.97. The molecule has 0 N–H and O–H groups in total. The van der Waals surface area contributed by atoms with E-state index in [1.807, 2.05) is 6.92 Å². The molecule has 0 saturated heterocycles. The number of rotatable bonds is 6. The number of carbonyl (C=O) groups excluding carboxylic acids is 1. The molecule has 0 aliphatic carbocycles. The van der Waals surface area contributed by atoms with Gasteiger partial charge in [-0.15, -0.1) is 0 Å². The van der Waals surface area contributed by atoms with E-state index in [9.17, 15) is 13.6 Å². The highest BCUT2D eigenvalue weighted by Crippen LogP contribution is 2.15. The van der Waals surface area contributed by atoms with E-state index in [0.717, 1.165) is 6.42 Å². The van der Waals surface area contributed by atoms with Crippen molar-refractivity contribution in [1.29, 1.82) is 0 Å². The van der Waals surface area contributed by atoms with Crippen molar-refractivity contribution in [3.05, 3.63) is 35.9 Å². The van der Waals surface area contributed by atoms with Gasteiger partial charge in [-0.3, -0.25) is 0 Å². The number of benzene rings is 1. The summed E-state index contributed by atoms with van der Waals surface area (Å²) in [5.41, 5.74) is 0.699. The average Bonchev–Trinajstić information content (AvgIpc) is 2.35. The Morgan fingerprint density at radius 2 is 2.00 bits per heavy atom. The standard InChI is InChI=1S/C13H14F2O3/c1-2-9-17-12(16)8-5-10-3-6-11(7-4-10)18-13(14)15/h3-8,13H,2,9H2,1H3/b8-5+. The molecule has 0 bridgehead atoms. The fraction of sp³-hybridized carbons (Fsp3) is 0.308. The predicted molar refractivity (Wildman–Crippen MR) is 63.4 cm³/mol. The van der Waals surface area contributed by atoms with Gasteiger partial charge in [0.1, 0.15) is 5.75 Å². The van der Waals surface area contributed by atoms with Gasteiger partial charge in [-0.2, -0.15) is 8.78 Å². The van der Waals surface area contributed by atoms with E-state index in [-0.39, 0.29) is 5.75 Å². The summed E-state index contributed by atoms with van der Waals surface area (Å²) in [5, 5.41) is 0. The van der Waals surface area contributed by atoms with Gasteiger partial charge in [-0.25, -0.2) is 4.79 Å². The molecule has 0 aromatic heterocycles. The van der Waals surface area contributed by atoms with Crippen LogP contribution < -0.4 is 4.74 Å². The zero-order valence-electron chi connectivity index (χ0n) is 9.94. The van der Waals surface area contributed by atoms with E-state index in [0.29, 0.717) is 12.2 Å². The number of alkyl halides is 2. The van der Waals surface area contributed by atoms with E-state index < -0.39 is 12.6 Å². The smallest absolute Gasteiger partial charge is 0.387 e. The molecule has 0 saturated carbocycles. The monoisotopic (exact) mass is 256 g/mol. The molecular weight excluding hydrogens is 242 g/mol. The van der Waals surface area contributed by atoms with Crippen molar-refractivity contribution in [1.82, 2.24) is 0 Å². The van der Waals surface area contributed by atoms with Crippen molar-refractivity contribution < 1.29 is 23.0 Å². The lowest BCUT2D eigenvalue weighted by molar-refractivity contribution is -0.137. The van der Waals surface area contributed by atoms with Crippen molar-refractivity contribution in [3.63, 3.8) is 0 Å². The van der Waals surface area contributed by atoms with E-state index in [1.165, 1.54) is 18.2 Å². The molecule has 0 aliphatic heterocycles. The first kappa shape index (κ1) is 14.2. The second-order valence-corrected chi connectivity index (χ2v) is 3.45. The van der Waals surface area contributed by atoms with Crippen LogP contribution in [0.2, 0.25) is 0 Å². The van der Waals surface area contributed by atoms with Crippen molar-refractivity contribution in [2.75, 3.05) is 6.61 Å². The topological polar surface area (TPSA) is 35.5 Å². The number of halogens is 2. The molecule has 3 nitrogen and oxygen atoms in total. The normalized spacial score (nSPS) is 10.9. The molecule has 98 valence electrons. The molecule has 0 heterocycles. The van der Waals surface area contributed by atoms with E-state index in [2.05, 4.69) is 4.74 Å². The van der Waals surface area contributed by atoms with Gasteiger partial charge in [0.15, 0.2) is 0 Å². The Morgan fingerprint density at radius 1 is 1.33 bits per heavy atom. The Hall–Kier alpha value is -1.91. The lowest BCUT2D eigenvalue weighted by atomic mass is 10.2. The summed E-state index contributed by atoms with van der Waals surface area (Å²) in [7, 11) is 0. The Bertz CT molecular complexity index is 399. The molecule has 1 aromatic carbocycles. The fourth-order valence-electron chi connectivity index (χ4n) is 1.18. The summed E-state index contributed by atoms with van der Waals surface area (Å²) in [4.78, 5) is 11.2. The molecule has 1 aromatic rings. The minimum atomic E-state index is -2.84. The third kappa shape index (κ3) is 5.43. The van der Waals surface area contributed by atoms with Crippen molar-refractivity contribution in [2.24, 2.45) is 0 Å². The summed E-state index contributed by atoms with van der Waals surface area (Å²) < 4.78 is 32.8. The quantitative estimate of drug-likeness (QED) is 0.579. The Morgan fingerprint density at radius 3 is 2.56 bits per heavy atom. The maximum Gasteiger partial charge on any atom is 0.387 e. The Labute approximate surface area is 104 Å². The highest BCUT2D eigenvalue weighted by Gasteiger charge is 2.03. The number of carbonyl (C=O) groups is 1. The van der Waals surface area contributed by atoms with Crippen LogP contribution in [0.5, 0.6) is 5.75 Å². The number of ether oxygens (including phenoxy) is 2. The first-order valence-electron chi connectivity index (χ1n) is 5.51. The van der Waals surface area contributed by atoms with Crippen LogP contribution >= 0.6 is 0 Å². The minimum Gasteiger partial charge on any atom is -0.463 e. The first-order valence-corrected chi connectivity index (χ1v) is 5.51. The molecule has 1 rings (SSSR count). The van der Waals surface area contributed by atoms with Crippen LogP contribution in [0.1, 0.15) is 18.9 Å². The third-order valence-corrected chi connectivity index (χ3v) is 1.97. The summed E-state index contributed by atoms with van der Waals surface area (Å²) in [6.07, 6.45) is 3.60.